The summed E-state index contributed by atoms with van der Waals surface area (Å²) in [7, 11) is -3.51. The number of fused-ring (bicyclic) bond motifs is 4. The van der Waals surface area contributed by atoms with Gasteiger partial charge in [0, 0.05) is 6.20 Å². The van der Waals surface area contributed by atoms with Crippen molar-refractivity contribution in [2.24, 2.45) is 0 Å². The Hall–Kier alpha value is -2.87. The molecule has 0 saturated heterocycles. The van der Waals surface area contributed by atoms with Crippen molar-refractivity contribution in [3.8, 4) is 5.69 Å². The third kappa shape index (κ3) is 4.04. The molecule has 4 rings (SSSR count). The smallest absolute Gasteiger partial charge is 0.267 e. The van der Waals surface area contributed by atoms with E-state index in [4.69, 9.17) is 0 Å². The molecule has 0 radical (unpaired) electrons. The Bertz CT molecular complexity index is 1310. The lowest BCUT2D eigenvalue weighted by molar-refractivity contribution is 0.103. The van der Waals surface area contributed by atoms with Gasteiger partial charge < -0.3 is 0 Å². The third-order valence-electron chi connectivity index (χ3n) is 5.68. The van der Waals surface area contributed by atoms with Crippen LogP contribution in [-0.4, -0.2) is 34.5 Å². The standard InChI is InChI=1S/C23H25N3O4S/c1-2-3-4-5-6-7-8-14-31(29,30)16-11-12-19-18(15-16)20(27)22-25-21-17(10-9-13-24-21)23(28)26(19)22/h9-13,15H,2-8,14H2,1H3. The van der Waals surface area contributed by atoms with E-state index < -0.39 is 15.6 Å². The van der Waals surface area contributed by atoms with Crippen molar-refractivity contribution in [2.75, 3.05) is 5.75 Å². The minimum absolute atomic E-state index is 0.0344. The number of ketones is 1. The van der Waals surface area contributed by atoms with E-state index in [1.165, 1.54) is 48.2 Å². The first-order chi connectivity index (χ1) is 14.9. The second-order valence-electron chi connectivity index (χ2n) is 7.90. The van der Waals surface area contributed by atoms with Crippen LogP contribution in [0.1, 0.15) is 68.1 Å². The summed E-state index contributed by atoms with van der Waals surface area (Å²) in [5.74, 6) is -0.451. The maximum atomic E-state index is 12.9. The molecule has 0 saturated carbocycles. The summed E-state index contributed by atoms with van der Waals surface area (Å²) in [6.45, 7) is 2.16. The van der Waals surface area contributed by atoms with E-state index in [2.05, 4.69) is 16.9 Å². The minimum atomic E-state index is -3.51. The van der Waals surface area contributed by atoms with Gasteiger partial charge in [0.2, 0.25) is 5.78 Å². The molecule has 3 heterocycles. The van der Waals surface area contributed by atoms with E-state index in [0.717, 1.165) is 19.3 Å². The highest BCUT2D eigenvalue weighted by Crippen LogP contribution is 2.29. The van der Waals surface area contributed by atoms with E-state index in [1.54, 1.807) is 12.1 Å². The highest BCUT2D eigenvalue weighted by molar-refractivity contribution is 7.91. The van der Waals surface area contributed by atoms with Gasteiger partial charge in [-0.05, 0) is 36.8 Å². The number of unbranched alkanes of at least 4 members (excludes halogenated alkanes) is 6. The lowest BCUT2D eigenvalue weighted by atomic mass is 10.1. The fourth-order valence-corrected chi connectivity index (χ4v) is 5.36. The Balaban J connectivity index is 1.57. The first kappa shape index (κ1) is 21.4. The molecule has 0 N–H and O–H groups in total. The molecular weight excluding hydrogens is 414 g/mol. The van der Waals surface area contributed by atoms with E-state index >= 15 is 0 Å². The molecule has 0 spiro atoms. The molecule has 1 aliphatic rings. The number of benzene rings is 1. The number of sulfone groups is 1. The Kier molecular flexibility index (Phi) is 6.00. The van der Waals surface area contributed by atoms with Gasteiger partial charge >= 0.3 is 0 Å². The van der Waals surface area contributed by atoms with Crippen LogP contribution in [0, 0.1) is 0 Å². The van der Waals surface area contributed by atoms with Crippen LogP contribution in [0.25, 0.3) is 16.7 Å². The van der Waals surface area contributed by atoms with Gasteiger partial charge in [0.15, 0.2) is 21.3 Å². The van der Waals surface area contributed by atoms with Gasteiger partial charge in [-0.2, -0.15) is 0 Å². The second-order valence-corrected chi connectivity index (χ2v) is 10.0. The summed E-state index contributed by atoms with van der Waals surface area (Å²) in [5, 5.41) is 0.308. The first-order valence-electron chi connectivity index (χ1n) is 10.7. The van der Waals surface area contributed by atoms with Crippen LogP contribution in [-0.2, 0) is 9.84 Å². The molecule has 7 nitrogen and oxygen atoms in total. The number of aromatic nitrogens is 3. The van der Waals surface area contributed by atoms with Crippen molar-refractivity contribution < 1.29 is 13.2 Å². The van der Waals surface area contributed by atoms with E-state index in [1.807, 2.05) is 0 Å². The highest BCUT2D eigenvalue weighted by atomic mass is 32.2. The van der Waals surface area contributed by atoms with Crippen LogP contribution in [0.2, 0.25) is 0 Å². The van der Waals surface area contributed by atoms with Gasteiger partial charge in [0.05, 0.1) is 27.3 Å². The predicted molar refractivity (Wildman–Crippen MR) is 119 cm³/mol. The maximum absolute atomic E-state index is 12.9. The molecular formula is C23H25N3O4S. The third-order valence-corrected chi connectivity index (χ3v) is 7.47. The van der Waals surface area contributed by atoms with Crippen molar-refractivity contribution in [1.29, 1.82) is 0 Å². The van der Waals surface area contributed by atoms with Crippen LogP contribution in [0.15, 0.2) is 46.2 Å². The van der Waals surface area contributed by atoms with Crippen LogP contribution in [0.4, 0.5) is 0 Å². The highest BCUT2D eigenvalue weighted by Gasteiger charge is 2.32. The van der Waals surface area contributed by atoms with Crippen molar-refractivity contribution >= 4 is 26.7 Å². The summed E-state index contributed by atoms with van der Waals surface area (Å²) < 4.78 is 26.8. The fraction of sp³-hybridized carbons (Fsp3) is 0.391. The van der Waals surface area contributed by atoms with E-state index in [-0.39, 0.29) is 33.2 Å². The molecule has 0 aliphatic carbocycles. The Morgan fingerprint density at radius 1 is 0.968 bits per heavy atom. The first-order valence-corrected chi connectivity index (χ1v) is 12.4. The zero-order valence-corrected chi connectivity index (χ0v) is 18.3. The molecule has 31 heavy (non-hydrogen) atoms. The summed E-state index contributed by atoms with van der Waals surface area (Å²) >= 11 is 0. The summed E-state index contributed by atoms with van der Waals surface area (Å²) in [5.41, 5.74) is 0.351. The summed E-state index contributed by atoms with van der Waals surface area (Å²) in [6.07, 6.45) is 8.72. The summed E-state index contributed by atoms with van der Waals surface area (Å²) in [6, 6.07) is 7.61. The van der Waals surface area contributed by atoms with Crippen LogP contribution in [0.5, 0.6) is 0 Å². The SMILES string of the molecule is CCCCCCCCCS(=O)(=O)c1ccc2c(c1)C(=O)c1nc3ncccc3c(=O)n1-2. The molecule has 162 valence electrons. The Morgan fingerprint density at radius 2 is 1.71 bits per heavy atom. The lowest BCUT2D eigenvalue weighted by Crippen LogP contribution is -2.21. The van der Waals surface area contributed by atoms with Crippen molar-refractivity contribution in [1.82, 2.24) is 14.5 Å². The van der Waals surface area contributed by atoms with Gasteiger partial charge in [-0.1, -0.05) is 45.4 Å². The largest absolute Gasteiger partial charge is 0.285 e. The monoisotopic (exact) mass is 439 g/mol. The van der Waals surface area contributed by atoms with Gasteiger partial charge in [-0.3, -0.25) is 14.2 Å². The lowest BCUT2D eigenvalue weighted by Gasteiger charge is -2.07. The van der Waals surface area contributed by atoms with Crippen molar-refractivity contribution in [3.63, 3.8) is 0 Å². The number of rotatable bonds is 9. The van der Waals surface area contributed by atoms with E-state index in [0.29, 0.717) is 17.5 Å². The Labute approximate surface area is 181 Å². The normalized spacial score (nSPS) is 12.9. The predicted octanol–water partition coefficient (Wildman–Crippen LogP) is 3.85. The molecule has 0 fully saturated rings. The average molecular weight is 440 g/mol. The molecule has 1 aliphatic heterocycles. The average Bonchev–Trinajstić information content (AvgIpc) is 3.05. The number of carbonyl (C=O) groups is 1. The number of pyridine rings is 1. The Morgan fingerprint density at radius 3 is 2.48 bits per heavy atom. The minimum Gasteiger partial charge on any atom is -0.285 e. The van der Waals surface area contributed by atoms with Crippen molar-refractivity contribution in [3.05, 3.63) is 58.3 Å². The van der Waals surface area contributed by atoms with Gasteiger partial charge in [0.25, 0.3) is 5.56 Å². The second kappa shape index (κ2) is 8.70. The van der Waals surface area contributed by atoms with Crippen LogP contribution < -0.4 is 5.56 Å². The molecule has 2 aromatic heterocycles. The molecule has 3 aromatic rings. The maximum Gasteiger partial charge on any atom is 0.267 e. The van der Waals surface area contributed by atoms with Gasteiger partial charge in [0.1, 0.15) is 0 Å². The number of carbonyl (C=O) groups excluding carboxylic acids is 1. The number of hydrogen-bond donors (Lipinski definition) is 0. The van der Waals surface area contributed by atoms with Gasteiger partial charge in [-0.25, -0.2) is 18.4 Å². The zero-order chi connectivity index (χ0) is 22.0. The van der Waals surface area contributed by atoms with E-state index in [9.17, 15) is 18.0 Å². The topological polar surface area (TPSA) is 99.0 Å². The molecule has 1 aromatic carbocycles. The molecule has 0 atom stereocenters. The molecule has 0 amide bonds. The zero-order valence-electron chi connectivity index (χ0n) is 17.5. The quantitative estimate of drug-likeness (QED) is 0.367. The number of hydrogen-bond acceptors (Lipinski definition) is 6. The van der Waals surface area contributed by atoms with Crippen LogP contribution in [0.3, 0.4) is 0 Å². The van der Waals surface area contributed by atoms with Gasteiger partial charge in [-0.15, -0.1) is 0 Å². The number of nitrogens with zero attached hydrogens (tertiary/aromatic N) is 3. The summed E-state index contributed by atoms with van der Waals surface area (Å²) in [4.78, 5) is 34.2. The van der Waals surface area contributed by atoms with Crippen LogP contribution >= 0.6 is 0 Å². The fourth-order valence-electron chi connectivity index (χ4n) is 3.97. The van der Waals surface area contributed by atoms with Crippen molar-refractivity contribution in [2.45, 2.75) is 56.8 Å². The molecule has 0 unspecified atom stereocenters. The molecule has 8 heteroatoms. The molecule has 0 bridgehead atoms.